The second-order valence-electron chi connectivity index (χ2n) is 8.68. The van der Waals surface area contributed by atoms with E-state index in [-0.39, 0.29) is 29.3 Å². The van der Waals surface area contributed by atoms with Crippen LogP contribution in [0.15, 0.2) is 18.2 Å². The Labute approximate surface area is 147 Å². The highest BCUT2D eigenvalue weighted by Crippen LogP contribution is 2.52. The van der Waals surface area contributed by atoms with Gasteiger partial charge in [0.1, 0.15) is 11.6 Å². The van der Waals surface area contributed by atoms with E-state index < -0.39 is 11.6 Å². The van der Waals surface area contributed by atoms with Crippen LogP contribution in [-0.4, -0.2) is 47.4 Å². The standard InChI is InChI=1S/C20H24F2N2O/c1-20(4-5-20)19(25)24-11-16(13-8-14(21)10-15(22)9-13)18-17(24)12-2-6-23(18)7-3-12/h8-10,12,16-18H,2-7,11H2,1H3/t16-,17-,18-/m1/s1. The van der Waals surface area contributed by atoms with Crippen molar-refractivity contribution in [3.63, 3.8) is 0 Å². The lowest BCUT2D eigenvalue weighted by Crippen LogP contribution is -2.61. The van der Waals surface area contributed by atoms with Gasteiger partial charge in [0.25, 0.3) is 0 Å². The third-order valence-electron chi connectivity index (χ3n) is 7.08. The van der Waals surface area contributed by atoms with Crippen molar-refractivity contribution < 1.29 is 13.6 Å². The van der Waals surface area contributed by atoms with Crippen LogP contribution < -0.4 is 0 Å². The molecular formula is C20H24F2N2O. The van der Waals surface area contributed by atoms with Crippen LogP contribution in [0, 0.1) is 23.0 Å². The minimum Gasteiger partial charge on any atom is -0.337 e. The van der Waals surface area contributed by atoms with Gasteiger partial charge in [-0.05, 0) is 62.4 Å². The Morgan fingerprint density at radius 1 is 1.08 bits per heavy atom. The Morgan fingerprint density at radius 3 is 2.32 bits per heavy atom. The van der Waals surface area contributed by atoms with Crippen molar-refractivity contribution in [1.29, 1.82) is 0 Å². The minimum absolute atomic E-state index is 0.00426. The van der Waals surface area contributed by atoms with E-state index in [1.54, 1.807) is 0 Å². The van der Waals surface area contributed by atoms with E-state index in [1.807, 2.05) is 0 Å². The fourth-order valence-corrected chi connectivity index (χ4v) is 5.49. The molecule has 0 unspecified atom stereocenters. The minimum atomic E-state index is -0.526. The molecule has 6 rings (SSSR count). The van der Waals surface area contributed by atoms with Crippen molar-refractivity contribution >= 4 is 5.91 Å². The summed E-state index contributed by atoms with van der Waals surface area (Å²) in [7, 11) is 0. The Balaban J connectivity index is 1.54. The van der Waals surface area contributed by atoms with Crippen LogP contribution in [0.3, 0.4) is 0 Å². The van der Waals surface area contributed by atoms with Crippen molar-refractivity contribution in [1.82, 2.24) is 9.80 Å². The molecule has 1 amide bonds. The van der Waals surface area contributed by atoms with Gasteiger partial charge in [-0.3, -0.25) is 9.69 Å². The molecule has 1 aromatic carbocycles. The van der Waals surface area contributed by atoms with Crippen molar-refractivity contribution in [2.24, 2.45) is 11.3 Å². The number of rotatable bonds is 2. The molecule has 5 fully saturated rings. The molecule has 3 nitrogen and oxygen atoms in total. The average Bonchev–Trinajstić information content (AvgIpc) is 3.21. The summed E-state index contributed by atoms with van der Waals surface area (Å²) in [6, 6.07) is 4.27. The molecule has 4 aliphatic heterocycles. The second kappa shape index (κ2) is 5.26. The molecular weight excluding hydrogens is 322 g/mol. The normalized spacial score (nSPS) is 37.9. The number of fused-ring (bicyclic) bond motifs is 2. The van der Waals surface area contributed by atoms with Crippen LogP contribution in [-0.2, 0) is 4.79 Å². The number of amides is 1. The highest BCUT2D eigenvalue weighted by atomic mass is 19.1. The van der Waals surface area contributed by atoms with E-state index in [1.165, 1.54) is 12.1 Å². The van der Waals surface area contributed by atoms with E-state index >= 15 is 0 Å². The Bertz CT molecular complexity index is 704. The zero-order valence-corrected chi connectivity index (χ0v) is 14.5. The number of benzene rings is 1. The van der Waals surface area contributed by atoms with Gasteiger partial charge in [-0.2, -0.15) is 0 Å². The van der Waals surface area contributed by atoms with Crippen LogP contribution in [0.25, 0.3) is 0 Å². The second-order valence-corrected chi connectivity index (χ2v) is 8.68. The van der Waals surface area contributed by atoms with Crippen LogP contribution in [0.1, 0.15) is 44.1 Å². The fourth-order valence-electron chi connectivity index (χ4n) is 5.49. The number of nitrogens with zero attached hydrogens (tertiary/aromatic N) is 2. The summed E-state index contributed by atoms with van der Waals surface area (Å²) in [4.78, 5) is 17.7. The number of carbonyl (C=O) groups excluding carboxylic acids is 1. The van der Waals surface area contributed by atoms with Crippen LogP contribution in [0.2, 0.25) is 0 Å². The molecule has 1 aliphatic carbocycles. The highest BCUT2D eigenvalue weighted by molar-refractivity contribution is 5.85. The molecule has 134 valence electrons. The molecule has 0 spiro atoms. The summed E-state index contributed by atoms with van der Waals surface area (Å²) in [5, 5.41) is 0. The van der Waals surface area contributed by atoms with Gasteiger partial charge in [0, 0.05) is 30.0 Å². The van der Waals surface area contributed by atoms with Gasteiger partial charge in [-0.25, -0.2) is 8.78 Å². The molecule has 3 atom stereocenters. The number of hydrogen-bond acceptors (Lipinski definition) is 2. The molecule has 0 aromatic heterocycles. The maximum absolute atomic E-state index is 13.8. The number of carbonyl (C=O) groups is 1. The summed E-state index contributed by atoms with van der Waals surface area (Å²) >= 11 is 0. The van der Waals surface area contributed by atoms with Gasteiger partial charge in [0.05, 0.1) is 6.04 Å². The van der Waals surface area contributed by atoms with Gasteiger partial charge in [-0.15, -0.1) is 0 Å². The summed E-state index contributed by atoms with van der Waals surface area (Å²) < 4.78 is 27.6. The van der Waals surface area contributed by atoms with E-state index in [0.717, 1.165) is 44.8 Å². The highest BCUT2D eigenvalue weighted by Gasteiger charge is 2.58. The molecule has 25 heavy (non-hydrogen) atoms. The smallest absolute Gasteiger partial charge is 0.228 e. The maximum Gasteiger partial charge on any atom is 0.228 e. The molecule has 5 heteroatoms. The number of hydrogen-bond donors (Lipinski definition) is 0. The monoisotopic (exact) mass is 346 g/mol. The average molecular weight is 346 g/mol. The molecule has 2 bridgehead atoms. The summed E-state index contributed by atoms with van der Waals surface area (Å²) in [5.41, 5.74) is 0.509. The topological polar surface area (TPSA) is 23.6 Å². The first-order valence-electron chi connectivity index (χ1n) is 9.47. The Kier molecular flexibility index (Phi) is 3.31. The van der Waals surface area contributed by atoms with Gasteiger partial charge < -0.3 is 4.90 Å². The lowest BCUT2D eigenvalue weighted by Gasteiger charge is -2.51. The van der Waals surface area contributed by atoms with Crippen molar-refractivity contribution in [3.8, 4) is 0 Å². The third-order valence-corrected chi connectivity index (χ3v) is 7.08. The third kappa shape index (κ3) is 2.35. The lowest BCUT2D eigenvalue weighted by molar-refractivity contribution is -0.141. The van der Waals surface area contributed by atoms with Crippen molar-refractivity contribution in [2.75, 3.05) is 19.6 Å². The van der Waals surface area contributed by atoms with Gasteiger partial charge >= 0.3 is 0 Å². The fraction of sp³-hybridized carbons (Fsp3) is 0.650. The number of piperidine rings is 3. The van der Waals surface area contributed by atoms with E-state index in [9.17, 15) is 13.6 Å². The Morgan fingerprint density at radius 2 is 1.72 bits per heavy atom. The first-order chi connectivity index (χ1) is 12.0. The van der Waals surface area contributed by atoms with E-state index in [2.05, 4.69) is 16.7 Å². The Hall–Kier alpha value is -1.49. The van der Waals surface area contributed by atoms with Crippen LogP contribution in [0.4, 0.5) is 8.78 Å². The van der Waals surface area contributed by atoms with Gasteiger partial charge in [-0.1, -0.05) is 6.92 Å². The van der Waals surface area contributed by atoms with E-state index in [0.29, 0.717) is 18.0 Å². The predicted molar refractivity (Wildman–Crippen MR) is 90.0 cm³/mol. The molecule has 5 aliphatic rings. The zero-order chi connectivity index (χ0) is 17.3. The van der Waals surface area contributed by atoms with Crippen LogP contribution in [0.5, 0.6) is 0 Å². The lowest BCUT2D eigenvalue weighted by atomic mass is 9.75. The van der Waals surface area contributed by atoms with Crippen molar-refractivity contribution in [2.45, 2.75) is 50.6 Å². The molecule has 4 heterocycles. The molecule has 1 aromatic rings. The predicted octanol–water partition coefficient (Wildman–Crippen LogP) is 3.15. The molecule has 0 radical (unpaired) electrons. The summed E-state index contributed by atoms with van der Waals surface area (Å²) in [6.07, 6.45) is 4.19. The van der Waals surface area contributed by atoms with Gasteiger partial charge in [0.2, 0.25) is 5.91 Å². The number of halogens is 2. The first-order valence-corrected chi connectivity index (χ1v) is 9.47. The summed E-state index contributed by atoms with van der Waals surface area (Å²) in [6.45, 7) is 4.74. The largest absolute Gasteiger partial charge is 0.337 e. The number of likely N-dealkylation sites (tertiary alicyclic amines) is 1. The SMILES string of the molecule is CC1(C(=O)N2C[C@H](c3cc(F)cc(F)c3)[C@@H]3[C@H]2C2CCN3CC2)CC1. The maximum atomic E-state index is 13.8. The first kappa shape index (κ1) is 15.7. The molecule has 4 saturated heterocycles. The van der Waals surface area contributed by atoms with Crippen LogP contribution >= 0.6 is 0 Å². The van der Waals surface area contributed by atoms with Gasteiger partial charge in [0.15, 0.2) is 0 Å². The molecule has 1 saturated carbocycles. The van der Waals surface area contributed by atoms with Crippen molar-refractivity contribution in [3.05, 3.63) is 35.4 Å². The van der Waals surface area contributed by atoms with E-state index in [4.69, 9.17) is 0 Å². The zero-order valence-electron chi connectivity index (χ0n) is 14.5. The summed E-state index contributed by atoms with van der Waals surface area (Å²) in [5.74, 6) is -0.257. The molecule has 0 N–H and O–H groups in total. The quantitative estimate of drug-likeness (QED) is 0.821.